The van der Waals surface area contributed by atoms with E-state index in [2.05, 4.69) is 45.1 Å². The molecular weight excluding hydrogens is 362 g/mol. The van der Waals surface area contributed by atoms with E-state index in [0.717, 1.165) is 10.0 Å². The summed E-state index contributed by atoms with van der Waals surface area (Å²) in [6.07, 6.45) is 6.37. The van der Waals surface area contributed by atoms with Gasteiger partial charge >= 0.3 is 0 Å². The van der Waals surface area contributed by atoms with Gasteiger partial charge in [-0.3, -0.25) is 9.69 Å². The van der Waals surface area contributed by atoms with Gasteiger partial charge in [0, 0.05) is 16.1 Å². The topological polar surface area (TPSA) is 20.1 Å². The average Bonchev–Trinajstić information content (AvgIpc) is 3.39. The molecule has 2 aromatic carbocycles. The number of hydrogen-bond acceptors (Lipinski definition) is 2. The van der Waals surface area contributed by atoms with Gasteiger partial charge in [0.1, 0.15) is 0 Å². The molecule has 3 heteroatoms. The number of Topliss-reactive ketones (excluding diaryl/α,β-unsaturated/α-hetero) is 1. The number of hydrogen-bond donors (Lipinski definition) is 0. The third-order valence-corrected chi connectivity index (χ3v) is 6.09. The van der Waals surface area contributed by atoms with Crippen molar-refractivity contribution in [2.45, 2.75) is 50.2 Å². The van der Waals surface area contributed by atoms with Crippen LogP contribution in [0.2, 0.25) is 0 Å². The number of carbonyl (C=O) groups is 1. The van der Waals surface area contributed by atoms with E-state index in [4.69, 9.17) is 0 Å². The Morgan fingerprint density at radius 2 is 1.58 bits per heavy atom. The van der Waals surface area contributed by atoms with Crippen LogP contribution in [0.15, 0.2) is 59.1 Å². The van der Waals surface area contributed by atoms with Crippen molar-refractivity contribution in [2.75, 3.05) is 0 Å². The molecule has 2 nitrogen and oxygen atoms in total. The fraction of sp³-hybridized carbons (Fsp3) is 0.381. The minimum Gasteiger partial charge on any atom is -0.292 e. The Morgan fingerprint density at radius 1 is 0.917 bits per heavy atom. The first-order valence-electron chi connectivity index (χ1n) is 8.88. The fourth-order valence-corrected chi connectivity index (χ4v) is 4.67. The second kappa shape index (κ2) is 6.81. The van der Waals surface area contributed by atoms with Gasteiger partial charge in [-0.1, -0.05) is 83.7 Å². The lowest BCUT2D eigenvalue weighted by molar-refractivity contribution is 0.0962. The minimum absolute atomic E-state index is 0.00537. The quantitative estimate of drug-likeness (QED) is 0.520. The molecule has 1 heterocycles. The molecule has 1 saturated carbocycles. The molecule has 4 rings (SSSR count). The van der Waals surface area contributed by atoms with E-state index in [1.54, 1.807) is 0 Å². The zero-order chi connectivity index (χ0) is 16.5. The second-order valence-corrected chi connectivity index (χ2v) is 7.74. The molecule has 1 aliphatic carbocycles. The van der Waals surface area contributed by atoms with Crippen LogP contribution in [0.25, 0.3) is 0 Å². The van der Waals surface area contributed by atoms with Gasteiger partial charge in [0.05, 0.1) is 12.1 Å². The maximum absolute atomic E-state index is 13.2. The Kier molecular flexibility index (Phi) is 4.55. The van der Waals surface area contributed by atoms with Crippen LogP contribution in [0, 0.1) is 0 Å². The maximum Gasteiger partial charge on any atom is 0.183 e. The molecule has 0 N–H and O–H groups in total. The highest BCUT2D eigenvalue weighted by molar-refractivity contribution is 9.10. The van der Waals surface area contributed by atoms with Crippen LogP contribution >= 0.6 is 15.9 Å². The van der Waals surface area contributed by atoms with Crippen molar-refractivity contribution in [3.05, 3.63) is 70.2 Å². The van der Waals surface area contributed by atoms with E-state index < -0.39 is 0 Å². The summed E-state index contributed by atoms with van der Waals surface area (Å²) in [5.41, 5.74) is 2.08. The zero-order valence-corrected chi connectivity index (χ0v) is 15.3. The lowest BCUT2D eigenvalue weighted by Crippen LogP contribution is -2.26. The first-order chi connectivity index (χ1) is 11.8. The second-order valence-electron chi connectivity index (χ2n) is 6.88. The normalized spacial score (nSPS) is 27.0. The molecule has 2 aromatic rings. The predicted molar refractivity (Wildman–Crippen MR) is 100 cm³/mol. The van der Waals surface area contributed by atoms with Crippen LogP contribution < -0.4 is 0 Å². The largest absolute Gasteiger partial charge is 0.292 e. The van der Waals surface area contributed by atoms with E-state index in [-0.39, 0.29) is 17.9 Å². The molecule has 3 atom stereocenters. The van der Waals surface area contributed by atoms with Crippen molar-refractivity contribution in [2.24, 2.45) is 0 Å². The third-order valence-electron chi connectivity index (χ3n) is 5.40. The summed E-state index contributed by atoms with van der Waals surface area (Å²) in [5.74, 6) is 0.252. The Labute approximate surface area is 152 Å². The van der Waals surface area contributed by atoms with Crippen LogP contribution in [0.5, 0.6) is 0 Å². The molecule has 0 bridgehead atoms. The monoisotopic (exact) mass is 383 g/mol. The molecule has 124 valence electrons. The Morgan fingerprint density at radius 3 is 2.29 bits per heavy atom. The molecule has 0 amide bonds. The van der Waals surface area contributed by atoms with Crippen LogP contribution in [0.3, 0.4) is 0 Å². The van der Waals surface area contributed by atoms with E-state index in [1.807, 2.05) is 30.3 Å². The highest BCUT2D eigenvalue weighted by Gasteiger charge is 2.56. The van der Waals surface area contributed by atoms with Crippen molar-refractivity contribution >= 4 is 21.7 Å². The molecule has 24 heavy (non-hydrogen) atoms. The molecule has 1 unspecified atom stereocenters. The minimum atomic E-state index is -0.00537. The van der Waals surface area contributed by atoms with Crippen molar-refractivity contribution in [1.82, 2.24) is 4.90 Å². The number of rotatable bonds is 4. The number of nitrogens with zero attached hydrogens (tertiary/aromatic N) is 1. The molecule has 1 aliphatic heterocycles. The summed E-state index contributed by atoms with van der Waals surface area (Å²) in [7, 11) is 0. The smallest absolute Gasteiger partial charge is 0.183 e. The number of carbonyl (C=O) groups excluding carboxylic acids is 1. The van der Waals surface area contributed by atoms with Gasteiger partial charge in [-0.25, -0.2) is 0 Å². The average molecular weight is 384 g/mol. The van der Waals surface area contributed by atoms with Crippen molar-refractivity contribution in [1.29, 1.82) is 0 Å². The summed E-state index contributed by atoms with van der Waals surface area (Å²) in [5, 5.41) is 0. The van der Waals surface area contributed by atoms with Gasteiger partial charge in [0.25, 0.3) is 0 Å². The zero-order valence-electron chi connectivity index (χ0n) is 13.7. The van der Waals surface area contributed by atoms with Gasteiger partial charge in [-0.05, 0) is 24.5 Å². The Bertz CT molecular complexity index is 724. The number of benzene rings is 2. The fourth-order valence-electron chi connectivity index (χ4n) is 4.19. The van der Waals surface area contributed by atoms with Crippen molar-refractivity contribution in [3.63, 3.8) is 0 Å². The van der Waals surface area contributed by atoms with Crippen molar-refractivity contribution in [3.8, 4) is 0 Å². The van der Waals surface area contributed by atoms with Gasteiger partial charge in [-0.15, -0.1) is 0 Å². The highest BCUT2D eigenvalue weighted by atomic mass is 79.9. The molecule has 2 aliphatic rings. The Hall–Kier alpha value is -1.45. The summed E-state index contributed by atoms with van der Waals surface area (Å²) in [6.45, 7) is 0. The lowest BCUT2D eigenvalue weighted by Gasteiger charge is -2.24. The molecule has 0 spiro atoms. The van der Waals surface area contributed by atoms with Gasteiger partial charge in [0.15, 0.2) is 5.78 Å². The third kappa shape index (κ3) is 2.96. The predicted octanol–water partition coefficient (Wildman–Crippen LogP) is 5.39. The molecule has 0 radical (unpaired) electrons. The van der Waals surface area contributed by atoms with Gasteiger partial charge in [-0.2, -0.15) is 0 Å². The van der Waals surface area contributed by atoms with Crippen LogP contribution in [-0.2, 0) is 0 Å². The molecule has 2 fully saturated rings. The van der Waals surface area contributed by atoms with E-state index >= 15 is 0 Å². The van der Waals surface area contributed by atoms with Gasteiger partial charge < -0.3 is 0 Å². The van der Waals surface area contributed by atoms with E-state index in [0.29, 0.717) is 6.04 Å². The summed E-state index contributed by atoms with van der Waals surface area (Å²) in [6, 6.07) is 19.1. The standard InChI is InChI=1S/C21H22BrNO/c22-18-14-8-7-13-17(18)21(24)20-19(15-9-3-1-4-10-15)23(20)16-11-5-2-6-12-16/h1,3-4,7-10,13-14,16,19-20H,2,5-6,11-12H2/t19-,20-,23?/m1/s1. The number of halogens is 1. The lowest BCUT2D eigenvalue weighted by atomic mass is 9.95. The number of ketones is 1. The molecular formula is C21H22BrNO. The van der Waals surface area contributed by atoms with E-state index in [1.165, 1.54) is 37.7 Å². The van der Waals surface area contributed by atoms with Crippen LogP contribution in [0.1, 0.15) is 54.1 Å². The first-order valence-corrected chi connectivity index (χ1v) is 9.68. The highest BCUT2D eigenvalue weighted by Crippen LogP contribution is 2.49. The summed E-state index contributed by atoms with van der Waals surface area (Å²) >= 11 is 3.55. The van der Waals surface area contributed by atoms with Crippen LogP contribution in [-0.4, -0.2) is 22.8 Å². The molecule has 1 saturated heterocycles. The van der Waals surface area contributed by atoms with Crippen molar-refractivity contribution < 1.29 is 4.79 Å². The maximum atomic E-state index is 13.2. The Balaban J connectivity index is 1.64. The molecule has 0 aromatic heterocycles. The summed E-state index contributed by atoms with van der Waals surface area (Å²) in [4.78, 5) is 15.7. The van der Waals surface area contributed by atoms with Crippen LogP contribution in [0.4, 0.5) is 0 Å². The summed E-state index contributed by atoms with van der Waals surface area (Å²) < 4.78 is 0.900. The SMILES string of the molecule is O=C(c1ccccc1Br)[C@H]1[C@@H](c2ccccc2)N1C1CCCCC1. The van der Waals surface area contributed by atoms with Gasteiger partial charge in [0.2, 0.25) is 0 Å². The first kappa shape index (κ1) is 16.0. The van der Waals surface area contributed by atoms with E-state index in [9.17, 15) is 4.79 Å².